The molecule has 0 saturated carbocycles. The third-order valence-electron chi connectivity index (χ3n) is 2.82. The number of aliphatic hydroxyl groups excluding tert-OH is 1. The fourth-order valence-corrected chi connectivity index (χ4v) is 1.95. The molecule has 0 aliphatic rings. The summed E-state index contributed by atoms with van der Waals surface area (Å²) in [5.41, 5.74) is 0. The van der Waals surface area contributed by atoms with E-state index in [1.54, 1.807) is 9.80 Å². The first-order valence-electron chi connectivity index (χ1n) is 7.00. The van der Waals surface area contributed by atoms with Crippen LogP contribution >= 0.6 is 0 Å². The van der Waals surface area contributed by atoms with E-state index >= 15 is 0 Å². The molecular weight excluding hydrogens is 256 g/mol. The van der Waals surface area contributed by atoms with Crippen molar-refractivity contribution in [2.75, 3.05) is 26.2 Å². The fourth-order valence-electron chi connectivity index (χ4n) is 1.95. The molecule has 0 aliphatic carbocycles. The summed E-state index contributed by atoms with van der Waals surface area (Å²) >= 11 is 0. The molecule has 0 aromatic heterocycles. The van der Waals surface area contributed by atoms with E-state index in [9.17, 15) is 14.7 Å². The molecule has 1 N–H and O–H groups in total. The minimum Gasteiger partial charge on any atom is -0.389 e. The second-order valence-corrected chi connectivity index (χ2v) is 4.63. The van der Waals surface area contributed by atoms with E-state index in [0.29, 0.717) is 13.1 Å². The second kappa shape index (κ2) is 10.2. The lowest BCUT2D eigenvalue weighted by Crippen LogP contribution is -2.44. The molecule has 20 heavy (non-hydrogen) atoms. The molecule has 114 valence electrons. The number of carbonyl (C=O) groups excluding carboxylic acids is 2. The fraction of sp³-hybridized carbons (Fsp3) is 0.600. The van der Waals surface area contributed by atoms with E-state index in [1.807, 2.05) is 13.8 Å². The zero-order valence-electron chi connectivity index (χ0n) is 12.5. The van der Waals surface area contributed by atoms with Crippen molar-refractivity contribution in [1.29, 1.82) is 0 Å². The molecule has 0 aliphatic heterocycles. The van der Waals surface area contributed by atoms with Crippen molar-refractivity contribution in [2.45, 2.75) is 32.8 Å². The van der Waals surface area contributed by atoms with Crippen LogP contribution in [0.25, 0.3) is 0 Å². The zero-order chi connectivity index (χ0) is 15.5. The molecule has 0 radical (unpaired) electrons. The Labute approximate surface area is 121 Å². The Morgan fingerprint density at radius 3 is 1.60 bits per heavy atom. The van der Waals surface area contributed by atoms with Gasteiger partial charge in [0.2, 0.25) is 11.8 Å². The van der Waals surface area contributed by atoms with Crippen LogP contribution in [0.2, 0.25) is 0 Å². The van der Waals surface area contributed by atoms with Crippen molar-refractivity contribution in [2.24, 2.45) is 0 Å². The van der Waals surface area contributed by atoms with Gasteiger partial charge in [-0.05, 0) is 25.0 Å². The van der Waals surface area contributed by atoms with E-state index in [-0.39, 0.29) is 24.9 Å². The molecular formula is C15H26N2O3. The van der Waals surface area contributed by atoms with E-state index in [4.69, 9.17) is 0 Å². The highest BCUT2D eigenvalue weighted by atomic mass is 16.3. The topological polar surface area (TPSA) is 60.9 Å². The van der Waals surface area contributed by atoms with E-state index in [0.717, 1.165) is 12.8 Å². The molecule has 0 aromatic carbocycles. The Morgan fingerprint density at radius 2 is 1.35 bits per heavy atom. The average Bonchev–Trinajstić information content (AvgIpc) is 2.44. The summed E-state index contributed by atoms with van der Waals surface area (Å²) in [6.45, 7) is 12.3. The summed E-state index contributed by atoms with van der Waals surface area (Å²) < 4.78 is 0. The van der Waals surface area contributed by atoms with Crippen molar-refractivity contribution in [3.63, 3.8) is 0 Å². The highest BCUT2D eigenvalue weighted by Crippen LogP contribution is 2.02. The quantitative estimate of drug-likeness (QED) is 0.612. The van der Waals surface area contributed by atoms with Gasteiger partial charge in [0.25, 0.3) is 0 Å². The van der Waals surface area contributed by atoms with Gasteiger partial charge in [-0.2, -0.15) is 0 Å². The lowest BCUT2D eigenvalue weighted by atomic mass is 10.2. The van der Waals surface area contributed by atoms with E-state index in [2.05, 4.69) is 13.2 Å². The number of hydrogen-bond acceptors (Lipinski definition) is 3. The van der Waals surface area contributed by atoms with Crippen LogP contribution in [0.3, 0.4) is 0 Å². The normalized spacial score (nSPS) is 10.2. The van der Waals surface area contributed by atoms with Crippen molar-refractivity contribution < 1.29 is 14.7 Å². The molecule has 0 atom stereocenters. The van der Waals surface area contributed by atoms with Crippen molar-refractivity contribution >= 4 is 11.8 Å². The molecule has 0 rings (SSSR count). The Hall–Kier alpha value is -1.62. The Morgan fingerprint density at radius 1 is 1.00 bits per heavy atom. The summed E-state index contributed by atoms with van der Waals surface area (Å²) in [4.78, 5) is 26.4. The number of aliphatic hydroxyl groups is 1. The Kier molecular flexibility index (Phi) is 9.38. The average molecular weight is 282 g/mol. The summed E-state index contributed by atoms with van der Waals surface area (Å²) in [5, 5.41) is 10.1. The first-order valence-corrected chi connectivity index (χ1v) is 7.00. The van der Waals surface area contributed by atoms with Crippen molar-refractivity contribution in [1.82, 2.24) is 9.80 Å². The van der Waals surface area contributed by atoms with Gasteiger partial charge in [0.05, 0.1) is 6.10 Å². The van der Waals surface area contributed by atoms with Crippen LogP contribution in [0, 0.1) is 0 Å². The largest absolute Gasteiger partial charge is 0.389 e. The van der Waals surface area contributed by atoms with Gasteiger partial charge in [-0.1, -0.05) is 27.0 Å². The number of rotatable bonds is 10. The van der Waals surface area contributed by atoms with Gasteiger partial charge < -0.3 is 14.9 Å². The van der Waals surface area contributed by atoms with Gasteiger partial charge in [0.15, 0.2) is 0 Å². The number of nitrogens with zero attached hydrogens (tertiary/aromatic N) is 2. The first-order chi connectivity index (χ1) is 9.49. The summed E-state index contributed by atoms with van der Waals surface area (Å²) in [6.07, 6.45) is 3.30. The summed E-state index contributed by atoms with van der Waals surface area (Å²) in [7, 11) is 0. The maximum absolute atomic E-state index is 11.6. The van der Waals surface area contributed by atoms with Crippen LogP contribution < -0.4 is 0 Å². The predicted molar refractivity (Wildman–Crippen MR) is 80.1 cm³/mol. The lowest BCUT2D eigenvalue weighted by Gasteiger charge is -2.28. The smallest absolute Gasteiger partial charge is 0.246 e. The highest BCUT2D eigenvalue weighted by molar-refractivity contribution is 5.87. The van der Waals surface area contributed by atoms with Gasteiger partial charge in [0.1, 0.15) is 0 Å². The third-order valence-corrected chi connectivity index (χ3v) is 2.82. The standard InChI is InChI=1S/C15H26N2O3/c1-5-9-16(14(19)7-3)11-13(18)12-17(10-6-2)15(20)8-4/h7-8,13,18H,3-6,9-12H2,1-2H3. The Balaban J connectivity index is 4.57. The van der Waals surface area contributed by atoms with Gasteiger partial charge in [-0.15, -0.1) is 0 Å². The van der Waals surface area contributed by atoms with Crippen molar-refractivity contribution in [3.8, 4) is 0 Å². The minimum atomic E-state index is -0.777. The third kappa shape index (κ3) is 6.52. The molecule has 2 amide bonds. The van der Waals surface area contributed by atoms with E-state index < -0.39 is 6.10 Å². The van der Waals surface area contributed by atoms with Crippen LogP contribution in [0.4, 0.5) is 0 Å². The molecule has 0 saturated heterocycles. The molecule has 0 heterocycles. The second-order valence-electron chi connectivity index (χ2n) is 4.63. The molecule has 5 nitrogen and oxygen atoms in total. The van der Waals surface area contributed by atoms with Gasteiger partial charge in [0, 0.05) is 26.2 Å². The summed E-state index contributed by atoms with van der Waals surface area (Å²) in [5.74, 6) is -0.411. The number of amides is 2. The van der Waals surface area contributed by atoms with Crippen LogP contribution in [0.15, 0.2) is 25.3 Å². The van der Waals surface area contributed by atoms with Gasteiger partial charge in [-0.3, -0.25) is 9.59 Å². The molecule has 0 fully saturated rings. The molecule has 5 heteroatoms. The van der Waals surface area contributed by atoms with Crippen molar-refractivity contribution in [3.05, 3.63) is 25.3 Å². The first kappa shape index (κ1) is 18.4. The van der Waals surface area contributed by atoms with E-state index in [1.165, 1.54) is 12.2 Å². The predicted octanol–water partition coefficient (Wildman–Crippen LogP) is 1.20. The maximum Gasteiger partial charge on any atom is 0.246 e. The zero-order valence-corrected chi connectivity index (χ0v) is 12.5. The van der Waals surface area contributed by atoms with Crippen LogP contribution in [-0.4, -0.2) is 59.0 Å². The monoisotopic (exact) mass is 282 g/mol. The van der Waals surface area contributed by atoms with Gasteiger partial charge in [-0.25, -0.2) is 0 Å². The molecule has 0 aromatic rings. The van der Waals surface area contributed by atoms with Crippen LogP contribution in [0.1, 0.15) is 26.7 Å². The Bertz CT molecular complexity index is 310. The summed E-state index contributed by atoms with van der Waals surface area (Å²) in [6, 6.07) is 0. The van der Waals surface area contributed by atoms with Crippen LogP contribution in [0.5, 0.6) is 0 Å². The minimum absolute atomic E-state index is 0.198. The SMILES string of the molecule is C=CC(=O)N(CCC)CC(O)CN(CCC)C(=O)C=C. The lowest BCUT2D eigenvalue weighted by molar-refractivity contribution is -0.129. The van der Waals surface area contributed by atoms with Crippen LogP contribution in [-0.2, 0) is 9.59 Å². The molecule has 0 unspecified atom stereocenters. The molecule has 0 spiro atoms. The number of hydrogen-bond donors (Lipinski definition) is 1. The number of carbonyl (C=O) groups is 2. The highest BCUT2D eigenvalue weighted by Gasteiger charge is 2.19. The maximum atomic E-state index is 11.6. The molecule has 0 bridgehead atoms. The van der Waals surface area contributed by atoms with Gasteiger partial charge >= 0.3 is 0 Å².